The fraction of sp³-hybridized carbons (Fsp3) is 0.111. The second-order valence-electron chi connectivity index (χ2n) is 3.01. The van der Waals surface area contributed by atoms with Crippen molar-refractivity contribution < 1.29 is 14.5 Å². The minimum Gasteiger partial charge on any atom is -0.465 e. The van der Waals surface area contributed by atoms with Gasteiger partial charge in [-0.25, -0.2) is 9.78 Å². The van der Waals surface area contributed by atoms with Gasteiger partial charge in [0.15, 0.2) is 0 Å². The van der Waals surface area contributed by atoms with Crippen LogP contribution in [0.2, 0.25) is 0 Å². The molecule has 0 aromatic carbocycles. The number of ether oxygens (including phenoxy) is 1. The van der Waals surface area contributed by atoms with Gasteiger partial charge in [-0.1, -0.05) is 0 Å². The molecule has 7 heteroatoms. The monoisotopic (exact) mass is 221 g/mol. The molecule has 7 nitrogen and oxygen atoms in total. The second-order valence-corrected chi connectivity index (χ2v) is 3.01. The van der Waals surface area contributed by atoms with E-state index >= 15 is 0 Å². The van der Waals surface area contributed by atoms with Gasteiger partial charge in [-0.2, -0.15) is 4.40 Å². The first-order chi connectivity index (χ1) is 7.63. The van der Waals surface area contributed by atoms with Crippen LogP contribution in [0.5, 0.6) is 0 Å². The van der Waals surface area contributed by atoms with E-state index < -0.39 is 10.9 Å². The highest BCUT2D eigenvalue weighted by Crippen LogP contribution is 2.15. The minimum atomic E-state index is -0.544. The molecule has 0 fully saturated rings. The van der Waals surface area contributed by atoms with E-state index in [2.05, 4.69) is 9.72 Å². The summed E-state index contributed by atoms with van der Waals surface area (Å²) >= 11 is 0. The lowest BCUT2D eigenvalue weighted by Gasteiger charge is -1.97. The maximum Gasteiger partial charge on any atom is 0.347 e. The number of hydrogen-bond acceptors (Lipinski definition) is 5. The number of imidazole rings is 1. The Balaban J connectivity index is 2.57. The molecular formula is C9H7N3O4. The van der Waals surface area contributed by atoms with Crippen LogP contribution in [0.15, 0.2) is 24.5 Å². The highest BCUT2D eigenvalue weighted by atomic mass is 16.6. The van der Waals surface area contributed by atoms with E-state index in [4.69, 9.17) is 0 Å². The third-order valence-electron chi connectivity index (χ3n) is 2.10. The standard InChI is InChI=1S/C9H7N3O4/c1-16-9(13)6-2-3-11-7(4-6)10-5-8(11)12(14)15/h2-5H,1H3. The summed E-state index contributed by atoms with van der Waals surface area (Å²) in [4.78, 5) is 25.1. The van der Waals surface area contributed by atoms with E-state index in [1.54, 1.807) is 0 Å². The van der Waals surface area contributed by atoms with Crippen molar-refractivity contribution in [3.63, 3.8) is 0 Å². The summed E-state index contributed by atoms with van der Waals surface area (Å²) in [5.41, 5.74) is 0.630. The summed E-state index contributed by atoms with van der Waals surface area (Å²) in [5, 5.41) is 10.6. The lowest BCUT2D eigenvalue weighted by molar-refractivity contribution is -0.390. The molecule has 0 atom stereocenters. The Morgan fingerprint density at radius 2 is 2.38 bits per heavy atom. The zero-order valence-corrected chi connectivity index (χ0v) is 8.28. The molecule has 2 heterocycles. The number of hydrogen-bond donors (Lipinski definition) is 0. The number of pyridine rings is 1. The van der Waals surface area contributed by atoms with Crippen LogP contribution in [-0.4, -0.2) is 27.4 Å². The van der Waals surface area contributed by atoms with E-state index in [1.165, 1.54) is 29.8 Å². The Morgan fingerprint density at radius 3 is 3.00 bits per heavy atom. The summed E-state index contributed by atoms with van der Waals surface area (Å²) in [5.74, 6) is -0.653. The van der Waals surface area contributed by atoms with Gasteiger partial charge >= 0.3 is 11.8 Å². The Morgan fingerprint density at radius 1 is 1.62 bits per heavy atom. The number of nitrogens with zero attached hydrogens (tertiary/aromatic N) is 3. The largest absolute Gasteiger partial charge is 0.465 e. The van der Waals surface area contributed by atoms with Crippen molar-refractivity contribution in [3.05, 3.63) is 40.2 Å². The molecule has 0 bridgehead atoms. The fourth-order valence-electron chi connectivity index (χ4n) is 1.35. The predicted octanol–water partition coefficient (Wildman–Crippen LogP) is 1.03. The maximum atomic E-state index is 11.2. The molecule has 2 aromatic rings. The smallest absolute Gasteiger partial charge is 0.347 e. The van der Waals surface area contributed by atoms with Crippen LogP contribution < -0.4 is 0 Å². The number of methoxy groups -OCH3 is 1. The van der Waals surface area contributed by atoms with Crippen LogP contribution in [-0.2, 0) is 4.74 Å². The van der Waals surface area contributed by atoms with Crippen LogP contribution in [0, 0.1) is 10.1 Å². The van der Waals surface area contributed by atoms with Crippen molar-refractivity contribution in [3.8, 4) is 0 Å². The van der Waals surface area contributed by atoms with Crippen molar-refractivity contribution in [2.75, 3.05) is 7.11 Å². The zero-order chi connectivity index (χ0) is 11.7. The van der Waals surface area contributed by atoms with Gasteiger partial charge in [0.25, 0.3) is 0 Å². The van der Waals surface area contributed by atoms with E-state index in [9.17, 15) is 14.9 Å². The molecule has 0 aliphatic rings. The van der Waals surface area contributed by atoms with E-state index in [-0.39, 0.29) is 5.82 Å². The van der Waals surface area contributed by atoms with Gasteiger partial charge in [0.2, 0.25) is 5.65 Å². The summed E-state index contributed by atoms with van der Waals surface area (Å²) in [6.45, 7) is 0. The van der Waals surface area contributed by atoms with Crippen LogP contribution in [0.25, 0.3) is 5.65 Å². The number of rotatable bonds is 2. The summed E-state index contributed by atoms with van der Waals surface area (Å²) in [6.07, 6.45) is 2.54. The first-order valence-electron chi connectivity index (χ1n) is 4.33. The molecular weight excluding hydrogens is 214 g/mol. The molecule has 0 radical (unpaired) electrons. The van der Waals surface area contributed by atoms with E-state index in [0.717, 1.165) is 6.20 Å². The van der Waals surface area contributed by atoms with E-state index in [0.29, 0.717) is 11.2 Å². The molecule has 0 N–H and O–H groups in total. The molecule has 0 amide bonds. The lowest BCUT2D eigenvalue weighted by atomic mass is 10.3. The number of nitro groups is 1. The molecule has 2 rings (SSSR count). The summed E-state index contributed by atoms with van der Waals surface area (Å²) in [7, 11) is 1.26. The summed E-state index contributed by atoms with van der Waals surface area (Å²) in [6, 6.07) is 2.87. The average Bonchev–Trinajstić information content (AvgIpc) is 2.70. The number of aromatic nitrogens is 2. The van der Waals surface area contributed by atoms with Gasteiger partial charge in [-0.15, -0.1) is 0 Å². The van der Waals surface area contributed by atoms with Crippen molar-refractivity contribution in [1.82, 2.24) is 9.38 Å². The Hall–Kier alpha value is -2.44. The van der Waals surface area contributed by atoms with Crippen molar-refractivity contribution in [2.24, 2.45) is 0 Å². The molecule has 82 valence electrons. The SMILES string of the molecule is COC(=O)c1ccn2c([N+](=O)[O-])cnc2c1. The number of esters is 1. The third-order valence-corrected chi connectivity index (χ3v) is 2.10. The normalized spacial score (nSPS) is 10.3. The topological polar surface area (TPSA) is 86.7 Å². The number of fused-ring (bicyclic) bond motifs is 1. The first-order valence-corrected chi connectivity index (χ1v) is 4.33. The van der Waals surface area contributed by atoms with Gasteiger partial charge in [-0.3, -0.25) is 0 Å². The van der Waals surface area contributed by atoms with Crippen molar-refractivity contribution in [1.29, 1.82) is 0 Å². The first kappa shape index (κ1) is 10.1. The quantitative estimate of drug-likeness (QED) is 0.429. The van der Waals surface area contributed by atoms with Gasteiger partial charge < -0.3 is 14.9 Å². The molecule has 0 aliphatic heterocycles. The van der Waals surface area contributed by atoms with Gasteiger partial charge in [0.05, 0.1) is 18.9 Å². The average molecular weight is 221 g/mol. The van der Waals surface area contributed by atoms with Crippen molar-refractivity contribution in [2.45, 2.75) is 0 Å². The Labute approximate surface area is 89.4 Å². The molecule has 0 saturated heterocycles. The van der Waals surface area contributed by atoms with Gasteiger partial charge in [0, 0.05) is 6.07 Å². The lowest BCUT2D eigenvalue weighted by Crippen LogP contribution is -2.02. The van der Waals surface area contributed by atoms with Gasteiger partial charge in [0.1, 0.15) is 6.20 Å². The van der Waals surface area contributed by atoms with Crippen LogP contribution in [0.1, 0.15) is 10.4 Å². The van der Waals surface area contributed by atoms with Crippen LogP contribution in [0.4, 0.5) is 5.82 Å². The van der Waals surface area contributed by atoms with Crippen LogP contribution in [0.3, 0.4) is 0 Å². The second kappa shape index (κ2) is 3.61. The summed E-state index contributed by atoms with van der Waals surface area (Å²) < 4.78 is 5.81. The van der Waals surface area contributed by atoms with Crippen molar-refractivity contribution >= 4 is 17.4 Å². The molecule has 0 aliphatic carbocycles. The molecule has 0 saturated carbocycles. The highest BCUT2D eigenvalue weighted by Gasteiger charge is 2.15. The maximum absolute atomic E-state index is 11.2. The molecule has 0 unspecified atom stereocenters. The zero-order valence-electron chi connectivity index (χ0n) is 8.28. The van der Waals surface area contributed by atoms with Gasteiger partial charge in [-0.05, 0) is 11.0 Å². The molecule has 2 aromatic heterocycles. The fourth-order valence-corrected chi connectivity index (χ4v) is 1.35. The molecule has 0 spiro atoms. The van der Waals surface area contributed by atoms with Crippen LogP contribution >= 0.6 is 0 Å². The van der Waals surface area contributed by atoms with E-state index in [1.807, 2.05) is 0 Å². The number of carbonyl (C=O) groups excluding carboxylic acids is 1. The molecule has 16 heavy (non-hydrogen) atoms. The minimum absolute atomic E-state index is 0.147. The highest BCUT2D eigenvalue weighted by molar-refractivity contribution is 5.90. The predicted molar refractivity (Wildman–Crippen MR) is 53.2 cm³/mol. The number of carbonyl (C=O) groups is 1. The Kier molecular flexibility index (Phi) is 2.28. The third kappa shape index (κ3) is 1.48. The Bertz CT molecular complexity index is 575.